The quantitative estimate of drug-likeness (QED) is 0.792. The molecule has 0 saturated carbocycles. The summed E-state index contributed by atoms with van der Waals surface area (Å²) in [6.45, 7) is 0.546. The van der Waals surface area contributed by atoms with Crippen LogP contribution in [0.4, 0.5) is 6.01 Å². The summed E-state index contributed by atoms with van der Waals surface area (Å²) < 4.78 is 5.50. The number of aromatic nitrogens is 3. The number of thiophene rings is 1. The van der Waals surface area contributed by atoms with Gasteiger partial charge in [-0.15, -0.1) is 16.4 Å². The van der Waals surface area contributed by atoms with Gasteiger partial charge < -0.3 is 9.73 Å². The normalized spacial score (nSPS) is 10.2. The summed E-state index contributed by atoms with van der Waals surface area (Å²) >= 11 is 1.51. The van der Waals surface area contributed by atoms with E-state index in [-0.39, 0.29) is 0 Å². The molecule has 0 amide bonds. The summed E-state index contributed by atoms with van der Waals surface area (Å²) in [6.07, 6.45) is 3.34. The van der Waals surface area contributed by atoms with E-state index in [4.69, 9.17) is 9.68 Å². The smallest absolute Gasteiger partial charge is 0.316 e. The molecule has 3 aromatic heterocycles. The maximum atomic E-state index is 8.76. The van der Waals surface area contributed by atoms with Gasteiger partial charge >= 0.3 is 6.01 Å². The van der Waals surface area contributed by atoms with Gasteiger partial charge in [-0.05, 0) is 18.2 Å². The van der Waals surface area contributed by atoms with Gasteiger partial charge in [0.05, 0.1) is 12.1 Å². The van der Waals surface area contributed by atoms with Crippen molar-refractivity contribution in [1.29, 1.82) is 5.26 Å². The van der Waals surface area contributed by atoms with Crippen LogP contribution >= 0.6 is 11.3 Å². The molecule has 3 heterocycles. The maximum absolute atomic E-state index is 8.76. The molecule has 0 aliphatic rings. The summed E-state index contributed by atoms with van der Waals surface area (Å²) in [6, 6.07) is 7.88. The summed E-state index contributed by atoms with van der Waals surface area (Å²) in [5.41, 5.74) is 1.48. The predicted molar refractivity (Wildman–Crippen MR) is 73.9 cm³/mol. The second kappa shape index (κ2) is 5.50. The van der Waals surface area contributed by atoms with Crippen molar-refractivity contribution in [3.63, 3.8) is 0 Å². The first-order valence-corrected chi connectivity index (χ1v) is 6.68. The third-order valence-electron chi connectivity index (χ3n) is 2.55. The van der Waals surface area contributed by atoms with Crippen LogP contribution in [0.2, 0.25) is 0 Å². The number of pyridine rings is 1. The fraction of sp³-hybridized carbons (Fsp3) is 0.0769. The van der Waals surface area contributed by atoms with Gasteiger partial charge in [0.25, 0.3) is 0 Å². The number of nitrogens with zero attached hydrogens (tertiary/aromatic N) is 4. The van der Waals surface area contributed by atoms with Gasteiger partial charge in [0, 0.05) is 28.2 Å². The van der Waals surface area contributed by atoms with E-state index in [2.05, 4.69) is 26.6 Å². The van der Waals surface area contributed by atoms with Crippen molar-refractivity contribution in [2.75, 3.05) is 5.32 Å². The topological polar surface area (TPSA) is 87.6 Å². The summed E-state index contributed by atoms with van der Waals surface area (Å²) in [7, 11) is 0. The van der Waals surface area contributed by atoms with Gasteiger partial charge in [-0.2, -0.15) is 5.26 Å². The van der Waals surface area contributed by atoms with E-state index in [1.165, 1.54) is 11.3 Å². The molecule has 7 heteroatoms. The highest BCUT2D eigenvalue weighted by atomic mass is 32.1. The highest BCUT2D eigenvalue weighted by Gasteiger charge is 2.08. The Hall–Kier alpha value is -2.72. The molecule has 0 unspecified atom stereocenters. The lowest BCUT2D eigenvalue weighted by Crippen LogP contribution is -1.97. The van der Waals surface area contributed by atoms with Crippen molar-refractivity contribution in [1.82, 2.24) is 15.2 Å². The van der Waals surface area contributed by atoms with E-state index in [1.54, 1.807) is 24.5 Å². The zero-order valence-corrected chi connectivity index (χ0v) is 11.1. The van der Waals surface area contributed by atoms with Crippen LogP contribution in [0.1, 0.15) is 10.4 Å². The first-order valence-electron chi connectivity index (χ1n) is 5.80. The second-order valence-corrected chi connectivity index (χ2v) is 4.91. The molecule has 6 nitrogen and oxygen atoms in total. The van der Waals surface area contributed by atoms with Crippen molar-refractivity contribution in [3.05, 3.63) is 46.4 Å². The van der Waals surface area contributed by atoms with Crippen LogP contribution in [-0.2, 0) is 6.54 Å². The number of anilines is 1. The number of nitriles is 1. The van der Waals surface area contributed by atoms with Gasteiger partial charge in [0.15, 0.2) is 0 Å². The monoisotopic (exact) mass is 283 g/mol. The Labute approximate surface area is 118 Å². The van der Waals surface area contributed by atoms with Crippen molar-refractivity contribution < 1.29 is 4.42 Å². The van der Waals surface area contributed by atoms with E-state index in [0.717, 1.165) is 10.4 Å². The van der Waals surface area contributed by atoms with Crippen LogP contribution < -0.4 is 5.32 Å². The van der Waals surface area contributed by atoms with Gasteiger partial charge in [-0.3, -0.25) is 4.98 Å². The largest absolute Gasteiger partial charge is 0.403 e. The summed E-state index contributed by atoms with van der Waals surface area (Å²) in [5, 5.41) is 21.5. The fourth-order valence-electron chi connectivity index (χ4n) is 1.60. The zero-order valence-electron chi connectivity index (χ0n) is 10.3. The van der Waals surface area contributed by atoms with Crippen LogP contribution in [-0.4, -0.2) is 15.2 Å². The predicted octanol–water partition coefficient (Wildman–Crippen LogP) is 2.68. The standard InChI is InChI=1S/C13H9N5OS/c14-6-9-5-11(20-8-9)7-16-13-18-17-12(19-13)10-1-3-15-4-2-10/h1-5,8H,7H2,(H,16,18). The Balaban J connectivity index is 1.67. The van der Waals surface area contributed by atoms with Gasteiger partial charge in [-0.1, -0.05) is 5.10 Å². The fourth-order valence-corrected chi connectivity index (χ4v) is 2.35. The molecule has 20 heavy (non-hydrogen) atoms. The molecule has 3 aromatic rings. The third-order valence-corrected chi connectivity index (χ3v) is 3.49. The molecule has 98 valence electrons. The van der Waals surface area contributed by atoms with Crippen LogP contribution in [0.15, 0.2) is 40.4 Å². The third kappa shape index (κ3) is 2.65. The molecule has 3 rings (SSSR count). The van der Waals surface area contributed by atoms with Crippen LogP contribution in [0.25, 0.3) is 11.5 Å². The molecule has 0 aliphatic heterocycles. The Kier molecular flexibility index (Phi) is 3.39. The first kappa shape index (κ1) is 12.3. The number of hydrogen-bond donors (Lipinski definition) is 1. The number of rotatable bonds is 4. The second-order valence-electron chi connectivity index (χ2n) is 3.92. The molecule has 0 fully saturated rings. The Bertz CT molecular complexity index is 743. The highest BCUT2D eigenvalue weighted by molar-refractivity contribution is 7.10. The molecule has 1 N–H and O–H groups in total. The minimum absolute atomic E-state index is 0.351. The molecule has 0 aromatic carbocycles. The highest BCUT2D eigenvalue weighted by Crippen LogP contribution is 2.20. The average molecular weight is 283 g/mol. The van der Waals surface area contributed by atoms with Crippen LogP contribution in [0.5, 0.6) is 0 Å². The van der Waals surface area contributed by atoms with Crippen LogP contribution in [0.3, 0.4) is 0 Å². The molecule has 0 saturated heterocycles. The summed E-state index contributed by atoms with van der Waals surface area (Å²) in [5.74, 6) is 0.443. The van der Waals surface area contributed by atoms with E-state index < -0.39 is 0 Å². The van der Waals surface area contributed by atoms with Crippen molar-refractivity contribution in [2.24, 2.45) is 0 Å². The minimum atomic E-state index is 0.351. The first-order chi connectivity index (χ1) is 9.85. The van der Waals surface area contributed by atoms with Crippen molar-refractivity contribution in [2.45, 2.75) is 6.54 Å². The van der Waals surface area contributed by atoms with Gasteiger partial charge in [0.2, 0.25) is 5.89 Å². The lowest BCUT2D eigenvalue weighted by atomic mass is 10.3. The molecule has 0 spiro atoms. The molecule has 0 radical (unpaired) electrons. The van der Waals surface area contributed by atoms with E-state index in [9.17, 15) is 0 Å². The molecule has 0 atom stereocenters. The lowest BCUT2D eigenvalue weighted by Gasteiger charge is -1.97. The Morgan fingerprint density at radius 2 is 2.15 bits per heavy atom. The molecular formula is C13H9N5OS. The molecule has 0 aliphatic carbocycles. The Morgan fingerprint density at radius 1 is 1.30 bits per heavy atom. The van der Waals surface area contributed by atoms with Crippen molar-refractivity contribution in [3.8, 4) is 17.5 Å². The molecular weight excluding hydrogens is 274 g/mol. The van der Waals surface area contributed by atoms with E-state index in [0.29, 0.717) is 24.0 Å². The number of nitrogens with one attached hydrogen (secondary N) is 1. The van der Waals surface area contributed by atoms with E-state index >= 15 is 0 Å². The van der Waals surface area contributed by atoms with Crippen LogP contribution in [0, 0.1) is 11.3 Å². The van der Waals surface area contributed by atoms with Gasteiger partial charge in [-0.25, -0.2) is 0 Å². The molecule has 0 bridgehead atoms. The Morgan fingerprint density at radius 3 is 2.90 bits per heavy atom. The van der Waals surface area contributed by atoms with Gasteiger partial charge in [0.1, 0.15) is 6.07 Å². The van der Waals surface area contributed by atoms with Crippen molar-refractivity contribution >= 4 is 17.4 Å². The minimum Gasteiger partial charge on any atom is -0.403 e. The van der Waals surface area contributed by atoms with E-state index in [1.807, 2.05) is 11.4 Å². The zero-order chi connectivity index (χ0) is 13.8. The maximum Gasteiger partial charge on any atom is 0.316 e. The summed E-state index contributed by atoms with van der Waals surface area (Å²) in [4.78, 5) is 4.97. The SMILES string of the molecule is N#Cc1csc(CNc2nnc(-c3ccncc3)o2)c1. The number of hydrogen-bond acceptors (Lipinski definition) is 7. The lowest BCUT2D eigenvalue weighted by molar-refractivity contribution is 0.581. The average Bonchev–Trinajstić information content (AvgIpc) is 3.15.